The monoisotopic (exact) mass is 396 g/mol. The van der Waals surface area contributed by atoms with Gasteiger partial charge in [-0.3, -0.25) is 19.3 Å². The molecule has 2 amide bonds. The molecule has 128 valence electrons. The Morgan fingerprint density at radius 3 is 2.67 bits per heavy atom. The summed E-state index contributed by atoms with van der Waals surface area (Å²) in [6, 6.07) is 5.29. The van der Waals surface area contributed by atoms with Gasteiger partial charge in [0.15, 0.2) is 6.61 Å². The highest BCUT2D eigenvalue weighted by atomic mass is 79.9. The lowest BCUT2D eigenvalue weighted by Crippen LogP contribution is -2.48. The number of aliphatic carboxylic acids is 1. The molecule has 0 saturated carbocycles. The van der Waals surface area contributed by atoms with Gasteiger partial charge in [0, 0.05) is 17.6 Å². The fraction of sp³-hybridized carbons (Fsp3) is 0.438. The lowest BCUT2D eigenvalue weighted by atomic mass is 9.97. The molecule has 24 heavy (non-hydrogen) atoms. The molecule has 1 aromatic carbocycles. The van der Waals surface area contributed by atoms with Crippen LogP contribution in [0.3, 0.4) is 0 Å². The Morgan fingerprint density at radius 1 is 1.29 bits per heavy atom. The number of ether oxygens (including phenoxy) is 1. The van der Waals surface area contributed by atoms with E-state index in [0.29, 0.717) is 37.4 Å². The molecule has 3 rings (SSSR count). The van der Waals surface area contributed by atoms with Crippen LogP contribution < -0.4 is 9.64 Å². The number of carbonyl (C=O) groups is 3. The van der Waals surface area contributed by atoms with Gasteiger partial charge in [-0.25, -0.2) is 0 Å². The number of likely N-dealkylation sites (tertiary alicyclic amines) is 1. The molecule has 0 radical (unpaired) electrons. The van der Waals surface area contributed by atoms with E-state index in [1.807, 2.05) is 0 Å². The summed E-state index contributed by atoms with van der Waals surface area (Å²) in [7, 11) is 0. The van der Waals surface area contributed by atoms with E-state index in [1.165, 1.54) is 4.90 Å². The number of nitrogens with zero attached hydrogens (tertiary/aromatic N) is 2. The SMILES string of the molecule is O=C(O)C1CCN(C(=O)CN2C(=O)COc3cc(Br)ccc32)CC1. The Hall–Kier alpha value is -2.09. The molecule has 1 N–H and O–H groups in total. The molecule has 0 atom stereocenters. The van der Waals surface area contributed by atoms with Crippen molar-refractivity contribution in [2.24, 2.45) is 5.92 Å². The lowest BCUT2D eigenvalue weighted by molar-refractivity contribution is -0.145. The van der Waals surface area contributed by atoms with Crippen LogP contribution >= 0.6 is 15.9 Å². The van der Waals surface area contributed by atoms with Crippen molar-refractivity contribution in [3.8, 4) is 5.75 Å². The molecule has 8 heteroatoms. The zero-order valence-electron chi connectivity index (χ0n) is 12.9. The first-order chi connectivity index (χ1) is 11.5. The van der Waals surface area contributed by atoms with E-state index >= 15 is 0 Å². The number of anilines is 1. The van der Waals surface area contributed by atoms with Crippen LogP contribution in [0.1, 0.15) is 12.8 Å². The number of fused-ring (bicyclic) bond motifs is 1. The number of hydrogen-bond acceptors (Lipinski definition) is 4. The second-order valence-electron chi connectivity index (χ2n) is 5.87. The average molecular weight is 397 g/mol. The van der Waals surface area contributed by atoms with Crippen LogP contribution in [0.15, 0.2) is 22.7 Å². The lowest BCUT2D eigenvalue weighted by Gasteiger charge is -2.34. The minimum Gasteiger partial charge on any atom is -0.482 e. The Bertz CT molecular complexity index is 685. The quantitative estimate of drug-likeness (QED) is 0.836. The third-order valence-electron chi connectivity index (χ3n) is 4.36. The smallest absolute Gasteiger partial charge is 0.306 e. The van der Waals surface area contributed by atoms with Gasteiger partial charge in [-0.2, -0.15) is 0 Å². The zero-order valence-corrected chi connectivity index (χ0v) is 14.5. The van der Waals surface area contributed by atoms with E-state index in [2.05, 4.69) is 15.9 Å². The molecular weight excluding hydrogens is 380 g/mol. The number of hydrogen-bond donors (Lipinski definition) is 1. The van der Waals surface area contributed by atoms with Gasteiger partial charge in [-0.05, 0) is 31.0 Å². The summed E-state index contributed by atoms with van der Waals surface area (Å²) in [5.74, 6) is -1.09. The van der Waals surface area contributed by atoms with Gasteiger partial charge in [0.1, 0.15) is 12.3 Å². The van der Waals surface area contributed by atoms with Crippen molar-refractivity contribution >= 4 is 39.4 Å². The van der Waals surface area contributed by atoms with E-state index in [4.69, 9.17) is 9.84 Å². The number of halogens is 1. The van der Waals surface area contributed by atoms with Gasteiger partial charge >= 0.3 is 5.97 Å². The highest BCUT2D eigenvalue weighted by Gasteiger charge is 2.31. The Morgan fingerprint density at radius 2 is 2.00 bits per heavy atom. The molecule has 1 aromatic rings. The predicted molar refractivity (Wildman–Crippen MR) is 88.9 cm³/mol. The maximum Gasteiger partial charge on any atom is 0.306 e. The molecular formula is C16H17BrN2O5. The summed E-state index contributed by atoms with van der Waals surface area (Å²) < 4.78 is 6.23. The predicted octanol–water partition coefficient (Wildman–Crippen LogP) is 1.50. The van der Waals surface area contributed by atoms with Crippen molar-refractivity contribution in [1.82, 2.24) is 4.90 Å². The van der Waals surface area contributed by atoms with Crippen LogP contribution in [0.4, 0.5) is 5.69 Å². The van der Waals surface area contributed by atoms with Crippen LogP contribution in [0, 0.1) is 5.92 Å². The Balaban J connectivity index is 1.69. The summed E-state index contributed by atoms with van der Waals surface area (Å²) in [5.41, 5.74) is 0.572. The van der Waals surface area contributed by atoms with Crippen LogP contribution in [0.5, 0.6) is 5.75 Å². The first kappa shape index (κ1) is 16.8. The number of carboxylic acids is 1. The number of rotatable bonds is 3. The van der Waals surface area contributed by atoms with Crippen LogP contribution in [0.25, 0.3) is 0 Å². The van der Waals surface area contributed by atoms with Gasteiger partial charge in [-0.1, -0.05) is 15.9 Å². The number of carboxylic acid groups (broad SMARTS) is 1. The minimum atomic E-state index is -0.815. The molecule has 1 saturated heterocycles. The highest BCUT2D eigenvalue weighted by molar-refractivity contribution is 9.10. The fourth-order valence-electron chi connectivity index (χ4n) is 2.96. The Kier molecular flexibility index (Phi) is 4.75. The van der Waals surface area contributed by atoms with Gasteiger partial charge < -0.3 is 14.7 Å². The van der Waals surface area contributed by atoms with Crippen molar-refractivity contribution in [2.75, 3.05) is 31.1 Å². The fourth-order valence-corrected chi connectivity index (χ4v) is 3.30. The topological polar surface area (TPSA) is 87.2 Å². The van der Waals surface area contributed by atoms with Crippen molar-refractivity contribution in [3.63, 3.8) is 0 Å². The summed E-state index contributed by atoms with van der Waals surface area (Å²) in [4.78, 5) is 38.7. The Labute approximate surface area is 147 Å². The van der Waals surface area contributed by atoms with E-state index in [0.717, 1.165) is 4.47 Å². The number of amides is 2. The largest absolute Gasteiger partial charge is 0.482 e. The van der Waals surface area contributed by atoms with Crippen molar-refractivity contribution in [3.05, 3.63) is 22.7 Å². The summed E-state index contributed by atoms with van der Waals surface area (Å²) >= 11 is 3.35. The van der Waals surface area contributed by atoms with E-state index in [9.17, 15) is 14.4 Å². The normalized spacial score (nSPS) is 18.1. The van der Waals surface area contributed by atoms with Crippen molar-refractivity contribution in [1.29, 1.82) is 0 Å². The van der Waals surface area contributed by atoms with E-state index < -0.39 is 11.9 Å². The third kappa shape index (κ3) is 3.38. The number of piperidine rings is 1. The van der Waals surface area contributed by atoms with Crippen LogP contribution in [0.2, 0.25) is 0 Å². The maximum absolute atomic E-state index is 12.5. The summed E-state index contributed by atoms with van der Waals surface area (Å²) in [6.45, 7) is 0.648. The highest BCUT2D eigenvalue weighted by Crippen LogP contribution is 2.34. The van der Waals surface area contributed by atoms with Crippen molar-refractivity contribution in [2.45, 2.75) is 12.8 Å². The molecule has 0 aromatic heterocycles. The van der Waals surface area contributed by atoms with Crippen LogP contribution in [-0.2, 0) is 14.4 Å². The third-order valence-corrected chi connectivity index (χ3v) is 4.85. The molecule has 2 aliphatic rings. The van der Waals surface area contributed by atoms with Gasteiger partial charge in [-0.15, -0.1) is 0 Å². The molecule has 0 bridgehead atoms. The van der Waals surface area contributed by atoms with Crippen LogP contribution in [-0.4, -0.2) is 54.0 Å². The van der Waals surface area contributed by atoms with E-state index in [-0.39, 0.29) is 25.0 Å². The second kappa shape index (κ2) is 6.80. The van der Waals surface area contributed by atoms with Gasteiger partial charge in [0.25, 0.3) is 5.91 Å². The standard InChI is InChI=1S/C16H17BrN2O5/c17-11-1-2-12-13(7-11)24-9-15(21)19(12)8-14(20)18-5-3-10(4-6-18)16(22)23/h1-2,7,10H,3-6,8-9H2,(H,22,23). The number of benzene rings is 1. The molecule has 0 unspecified atom stereocenters. The summed E-state index contributed by atoms with van der Waals surface area (Å²) in [6.07, 6.45) is 0.892. The van der Waals surface area contributed by atoms with E-state index in [1.54, 1.807) is 23.1 Å². The number of carbonyl (C=O) groups excluding carboxylic acids is 2. The molecule has 7 nitrogen and oxygen atoms in total. The molecule has 1 fully saturated rings. The average Bonchev–Trinajstić information content (AvgIpc) is 2.57. The second-order valence-corrected chi connectivity index (χ2v) is 6.79. The molecule has 0 aliphatic carbocycles. The first-order valence-corrected chi connectivity index (χ1v) is 8.48. The summed E-state index contributed by atoms with van der Waals surface area (Å²) in [5, 5.41) is 9.02. The molecule has 2 heterocycles. The first-order valence-electron chi connectivity index (χ1n) is 7.69. The molecule has 2 aliphatic heterocycles. The zero-order chi connectivity index (χ0) is 17.3. The minimum absolute atomic E-state index is 0.0609. The molecule has 0 spiro atoms. The van der Waals surface area contributed by atoms with Gasteiger partial charge in [0.05, 0.1) is 11.6 Å². The van der Waals surface area contributed by atoms with Crippen molar-refractivity contribution < 1.29 is 24.2 Å². The maximum atomic E-state index is 12.5. The van der Waals surface area contributed by atoms with Gasteiger partial charge in [0.2, 0.25) is 5.91 Å².